The molecule has 1 radical (unpaired) electrons. The first-order valence-corrected chi connectivity index (χ1v) is 3.30. The predicted octanol–water partition coefficient (Wildman–Crippen LogP) is -0.663. The first-order valence-electron chi connectivity index (χ1n) is 3.30. The van der Waals surface area contributed by atoms with Crippen molar-refractivity contribution in [3.8, 4) is 0 Å². The van der Waals surface area contributed by atoms with Gasteiger partial charge in [-0.25, -0.2) is 5.32 Å². The molecule has 1 fully saturated rings. The van der Waals surface area contributed by atoms with Gasteiger partial charge in [-0.1, -0.05) is 0 Å². The molecule has 2 atom stereocenters. The zero-order valence-electron chi connectivity index (χ0n) is 5.71. The fraction of sp³-hybridized carbons (Fsp3) is 1.00. The monoisotopic (exact) mass is 129 g/mol. The summed E-state index contributed by atoms with van der Waals surface area (Å²) in [5, 5.41) is 4.28. The molecular weight excluding hydrogens is 116 g/mol. The highest BCUT2D eigenvalue weighted by molar-refractivity contribution is 4.77. The zero-order valence-corrected chi connectivity index (χ0v) is 5.71. The molecule has 2 N–H and O–H groups in total. The van der Waals surface area contributed by atoms with Crippen LogP contribution in [-0.2, 0) is 4.74 Å². The maximum atomic E-state index is 5.59. The highest BCUT2D eigenvalue weighted by Gasteiger charge is 2.17. The molecule has 1 aliphatic rings. The lowest BCUT2D eigenvalue weighted by Gasteiger charge is -2.24. The molecule has 1 saturated heterocycles. The molecule has 0 aliphatic carbocycles. The van der Waals surface area contributed by atoms with Crippen LogP contribution in [0.5, 0.6) is 0 Å². The van der Waals surface area contributed by atoms with Crippen LogP contribution in [0.4, 0.5) is 0 Å². The molecule has 0 bridgehead atoms. The molecule has 1 rings (SSSR count). The minimum Gasteiger partial charge on any atom is -0.378 e. The van der Waals surface area contributed by atoms with Gasteiger partial charge in [0.15, 0.2) is 0 Å². The van der Waals surface area contributed by atoms with E-state index in [4.69, 9.17) is 10.5 Å². The third kappa shape index (κ3) is 1.93. The van der Waals surface area contributed by atoms with E-state index in [9.17, 15) is 0 Å². The van der Waals surface area contributed by atoms with Crippen molar-refractivity contribution in [1.82, 2.24) is 5.32 Å². The summed E-state index contributed by atoms with van der Waals surface area (Å²) in [4.78, 5) is 0. The molecule has 3 heteroatoms. The predicted molar refractivity (Wildman–Crippen MR) is 35.3 cm³/mol. The van der Waals surface area contributed by atoms with E-state index in [1.165, 1.54) is 0 Å². The topological polar surface area (TPSA) is 49.4 Å². The van der Waals surface area contributed by atoms with Crippen molar-refractivity contribution in [3.63, 3.8) is 0 Å². The van der Waals surface area contributed by atoms with Crippen molar-refractivity contribution in [2.75, 3.05) is 19.8 Å². The van der Waals surface area contributed by atoms with Crippen molar-refractivity contribution < 1.29 is 4.74 Å². The van der Waals surface area contributed by atoms with E-state index in [0.717, 1.165) is 13.2 Å². The fourth-order valence-electron chi connectivity index (χ4n) is 0.858. The van der Waals surface area contributed by atoms with Crippen molar-refractivity contribution in [3.05, 3.63) is 0 Å². The Labute approximate surface area is 55.6 Å². The van der Waals surface area contributed by atoms with Gasteiger partial charge in [-0.05, 0) is 6.92 Å². The van der Waals surface area contributed by atoms with Crippen LogP contribution in [0.15, 0.2) is 0 Å². The Kier molecular flexibility index (Phi) is 2.45. The molecule has 0 amide bonds. The summed E-state index contributed by atoms with van der Waals surface area (Å²) in [6, 6.07) is 0.379. The number of ether oxygens (including phenoxy) is 1. The number of hydrogen-bond donors (Lipinski definition) is 1. The lowest BCUT2D eigenvalue weighted by atomic mass is 10.1. The number of nitrogens with zero attached hydrogens (tertiary/aromatic N) is 1. The van der Waals surface area contributed by atoms with E-state index in [1.807, 2.05) is 6.92 Å². The van der Waals surface area contributed by atoms with Crippen LogP contribution in [-0.4, -0.2) is 31.8 Å². The Morgan fingerprint density at radius 1 is 1.78 bits per heavy atom. The first kappa shape index (κ1) is 6.99. The number of hydrogen-bond acceptors (Lipinski definition) is 2. The summed E-state index contributed by atoms with van der Waals surface area (Å²) in [5.41, 5.74) is 5.59. The minimum atomic E-state index is 0.144. The third-order valence-electron chi connectivity index (χ3n) is 1.49. The Morgan fingerprint density at radius 3 is 2.89 bits per heavy atom. The van der Waals surface area contributed by atoms with Gasteiger partial charge in [0.05, 0.1) is 19.3 Å². The molecule has 0 spiro atoms. The van der Waals surface area contributed by atoms with Crippen LogP contribution in [0.25, 0.3) is 0 Å². The number of rotatable bonds is 1. The van der Waals surface area contributed by atoms with Crippen molar-refractivity contribution >= 4 is 0 Å². The second-order valence-electron chi connectivity index (χ2n) is 2.41. The molecule has 53 valence electrons. The van der Waals surface area contributed by atoms with Crippen LogP contribution in [0, 0.1) is 0 Å². The summed E-state index contributed by atoms with van der Waals surface area (Å²) in [5.74, 6) is 0. The van der Waals surface area contributed by atoms with Gasteiger partial charge >= 0.3 is 0 Å². The average molecular weight is 129 g/mol. The van der Waals surface area contributed by atoms with E-state index in [0.29, 0.717) is 6.61 Å². The highest BCUT2D eigenvalue weighted by Crippen LogP contribution is 1.97. The highest BCUT2D eigenvalue weighted by atomic mass is 16.5. The van der Waals surface area contributed by atoms with E-state index in [2.05, 4.69) is 5.32 Å². The van der Waals surface area contributed by atoms with Gasteiger partial charge in [0.1, 0.15) is 0 Å². The largest absolute Gasteiger partial charge is 0.378 e. The van der Waals surface area contributed by atoms with Gasteiger partial charge in [-0.2, -0.15) is 0 Å². The summed E-state index contributed by atoms with van der Waals surface area (Å²) in [6.45, 7) is 4.25. The molecule has 1 aliphatic heterocycles. The SMILES string of the molecule is CC(N)C1COCC[N]1. The molecule has 1 heterocycles. The van der Waals surface area contributed by atoms with Crippen molar-refractivity contribution in [2.24, 2.45) is 5.73 Å². The number of nitrogens with two attached hydrogens (primary N) is 1. The smallest absolute Gasteiger partial charge is 0.0651 e. The fourth-order valence-corrected chi connectivity index (χ4v) is 0.858. The van der Waals surface area contributed by atoms with Gasteiger partial charge in [-0.15, -0.1) is 0 Å². The van der Waals surface area contributed by atoms with E-state index in [1.54, 1.807) is 0 Å². The Balaban J connectivity index is 2.23. The molecular formula is C6H13N2O. The summed E-state index contributed by atoms with van der Waals surface area (Å²) >= 11 is 0. The first-order chi connectivity index (χ1) is 4.30. The minimum absolute atomic E-state index is 0.144. The third-order valence-corrected chi connectivity index (χ3v) is 1.49. The van der Waals surface area contributed by atoms with Crippen LogP contribution in [0.3, 0.4) is 0 Å². The maximum Gasteiger partial charge on any atom is 0.0651 e. The normalized spacial score (nSPS) is 32.0. The maximum absolute atomic E-state index is 5.59. The Hall–Kier alpha value is -0.120. The van der Waals surface area contributed by atoms with Crippen LogP contribution in [0.1, 0.15) is 6.92 Å². The summed E-state index contributed by atoms with van der Waals surface area (Å²) in [6.07, 6.45) is 0. The van der Waals surface area contributed by atoms with E-state index >= 15 is 0 Å². The summed E-state index contributed by atoms with van der Waals surface area (Å²) < 4.78 is 5.17. The second kappa shape index (κ2) is 3.15. The van der Waals surface area contributed by atoms with Crippen LogP contribution >= 0.6 is 0 Å². The molecule has 9 heavy (non-hydrogen) atoms. The Bertz CT molecular complexity index is 79.1. The lowest BCUT2D eigenvalue weighted by molar-refractivity contribution is 0.0681. The van der Waals surface area contributed by atoms with Crippen LogP contribution < -0.4 is 11.1 Å². The standard InChI is InChI=1S/C6H13N2O/c1-5(7)6-4-9-3-2-8-6/h5-6H,2-4,7H2,1H3. The average Bonchev–Trinajstić information content (AvgIpc) is 1.90. The van der Waals surface area contributed by atoms with Gasteiger partial charge in [-0.3, -0.25) is 0 Å². The lowest BCUT2D eigenvalue weighted by Crippen LogP contribution is -2.46. The molecule has 0 aromatic carbocycles. The van der Waals surface area contributed by atoms with Crippen molar-refractivity contribution in [1.29, 1.82) is 0 Å². The molecule has 3 nitrogen and oxygen atoms in total. The second-order valence-corrected chi connectivity index (χ2v) is 2.41. The van der Waals surface area contributed by atoms with Gasteiger partial charge in [0, 0.05) is 12.6 Å². The number of morpholine rings is 1. The molecule has 0 aromatic rings. The van der Waals surface area contributed by atoms with E-state index in [-0.39, 0.29) is 12.1 Å². The van der Waals surface area contributed by atoms with Gasteiger partial charge < -0.3 is 10.5 Å². The quantitative estimate of drug-likeness (QED) is 0.511. The molecule has 0 saturated carbocycles. The van der Waals surface area contributed by atoms with E-state index < -0.39 is 0 Å². The van der Waals surface area contributed by atoms with Crippen LogP contribution in [0.2, 0.25) is 0 Å². The molecule has 0 aromatic heterocycles. The zero-order chi connectivity index (χ0) is 6.69. The van der Waals surface area contributed by atoms with Gasteiger partial charge in [0.25, 0.3) is 0 Å². The Morgan fingerprint density at radius 2 is 2.56 bits per heavy atom. The molecule has 2 unspecified atom stereocenters. The summed E-state index contributed by atoms with van der Waals surface area (Å²) in [7, 11) is 0. The van der Waals surface area contributed by atoms with Gasteiger partial charge in [0.2, 0.25) is 0 Å². The van der Waals surface area contributed by atoms with Crippen molar-refractivity contribution in [2.45, 2.75) is 19.0 Å².